The van der Waals surface area contributed by atoms with E-state index in [1.807, 2.05) is 0 Å². The molecular weight excluding hydrogens is 422 g/mol. The quantitative estimate of drug-likeness (QED) is 0.470. The van der Waals surface area contributed by atoms with Crippen LogP contribution < -0.4 is 10.4 Å². The van der Waals surface area contributed by atoms with Crippen molar-refractivity contribution < 1.29 is 30.0 Å². The Morgan fingerprint density at radius 1 is 1.06 bits per heavy atom. The number of aliphatic hydroxyl groups excluding tert-OH is 2. The van der Waals surface area contributed by atoms with Crippen LogP contribution in [0.4, 0.5) is 0 Å². The molecule has 4 rings (SSSR count). The van der Waals surface area contributed by atoms with Crippen molar-refractivity contribution in [1.29, 1.82) is 0 Å². The number of aliphatic hydroxyl groups is 3. The lowest BCUT2D eigenvalue weighted by atomic mass is 9.42. The number of amides is 1. The van der Waals surface area contributed by atoms with Crippen LogP contribution in [0.15, 0.2) is 0 Å². The van der Waals surface area contributed by atoms with Crippen molar-refractivity contribution in [2.24, 2.45) is 40.4 Å². The van der Waals surface area contributed by atoms with E-state index in [0.29, 0.717) is 18.8 Å². The van der Waals surface area contributed by atoms with E-state index in [1.165, 1.54) is 0 Å². The smallest absolute Gasteiger partial charge is 0.220 e. The Hall–Kier alpha value is -1.18. The molecule has 4 N–H and O–H groups in total. The van der Waals surface area contributed by atoms with Crippen LogP contribution in [0.1, 0.15) is 85.0 Å². The Balaban J connectivity index is 1.50. The summed E-state index contributed by atoms with van der Waals surface area (Å²) in [5.41, 5.74) is -1.24. The minimum atomic E-state index is -1.30. The predicted octanol–water partition coefficient (Wildman–Crippen LogP) is 1.37. The number of rotatable bonds is 6. The molecule has 0 saturated heterocycles. The van der Waals surface area contributed by atoms with Crippen molar-refractivity contribution in [3.8, 4) is 0 Å². The molecule has 0 radical (unpaired) electrons. The van der Waals surface area contributed by atoms with E-state index in [0.717, 1.165) is 44.9 Å². The number of carboxylic acid groups (broad SMARTS) is 1. The molecule has 0 unspecified atom stereocenters. The Kier molecular flexibility index (Phi) is 6.64. The average molecular weight is 465 g/mol. The number of aliphatic carboxylic acids is 1. The first-order valence-electron chi connectivity index (χ1n) is 13.0. The van der Waals surface area contributed by atoms with Crippen LogP contribution in [-0.2, 0) is 9.59 Å². The summed E-state index contributed by atoms with van der Waals surface area (Å²) in [6.07, 6.45) is 6.69. The number of hydrogen-bond acceptors (Lipinski definition) is 6. The van der Waals surface area contributed by atoms with Crippen molar-refractivity contribution in [3.63, 3.8) is 0 Å². The van der Waals surface area contributed by atoms with E-state index in [4.69, 9.17) is 0 Å². The third-order valence-corrected chi connectivity index (χ3v) is 10.8. The van der Waals surface area contributed by atoms with Crippen LogP contribution in [-0.4, -0.2) is 51.5 Å². The predicted molar refractivity (Wildman–Crippen MR) is 120 cm³/mol. The van der Waals surface area contributed by atoms with Crippen molar-refractivity contribution in [2.45, 2.75) is 103 Å². The second-order valence-electron chi connectivity index (χ2n) is 12.2. The lowest BCUT2D eigenvalue weighted by molar-refractivity contribution is -0.304. The van der Waals surface area contributed by atoms with Gasteiger partial charge in [0.1, 0.15) is 0 Å². The fourth-order valence-electron chi connectivity index (χ4n) is 9.03. The molecule has 7 nitrogen and oxygen atoms in total. The molecule has 4 saturated carbocycles. The van der Waals surface area contributed by atoms with Gasteiger partial charge in [-0.2, -0.15) is 0 Å². The summed E-state index contributed by atoms with van der Waals surface area (Å²) >= 11 is 0. The summed E-state index contributed by atoms with van der Waals surface area (Å²) in [7, 11) is 0. The molecule has 0 spiro atoms. The molecule has 0 aromatic rings. The number of fused-ring (bicyclic) bond motifs is 5. The highest BCUT2D eigenvalue weighted by Gasteiger charge is 2.69. The van der Waals surface area contributed by atoms with Crippen molar-refractivity contribution >= 4 is 11.9 Å². The maximum Gasteiger partial charge on any atom is 0.220 e. The van der Waals surface area contributed by atoms with Crippen LogP contribution in [0.3, 0.4) is 0 Å². The molecule has 4 aliphatic carbocycles. The maximum absolute atomic E-state index is 12.3. The van der Waals surface area contributed by atoms with Gasteiger partial charge in [-0.05, 0) is 92.8 Å². The zero-order valence-electron chi connectivity index (χ0n) is 20.4. The number of carbonyl (C=O) groups is 2. The van der Waals surface area contributed by atoms with Crippen LogP contribution in [0.25, 0.3) is 0 Å². The van der Waals surface area contributed by atoms with Gasteiger partial charge in [-0.25, -0.2) is 0 Å². The van der Waals surface area contributed by atoms with Crippen molar-refractivity contribution in [2.75, 3.05) is 6.54 Å². The van der Waals surface area contributed by atoms with E-state index < -0.39 is 29.6 Å². The van der Waals surface area contributed by atoms with E-state index in [9.17, 15) is 30.0 Å². The van der Waals surface area contributed by atoms with Gasteiger partial charge in [0.25, 0.3) is 0 Å². The molecule has 0 bridgehead atoms. The van der Waals surface area contributed by atoms with Gasteiger partial charge in [0.2, 0.25) is 5.91 Å². The Bertz CT molecular complexity index is 774. The maximum atomic E-state index is 12.3. The van der Waals surface area contributed by atoms with Gasteiger partial charge in [-0.1, -0.05) is 20.8 Å². The third kappa shape index (κ3) is 4.02. The van der Waals surface area contributed by atoms with Gasteiger partial charge >= 0.3 is 0 Å². The van der Waals surface area contributed by atoms with Crippen LogP contribution >= 0.6 is 0 Å². The van der Waals surface area contributed by atoms with Gasteiger partial charge in [-0.3, -0.25) is 4.79 Å². The second kappa shape index (κ2) is 8.80. The molecule has 10 atom stereocenters. The van der Waals surface area contributed by atoms with E-state index in [-0.39, 0.29) is 47.5 Å². The molecule has 4 aliphatic rings. The van der Waals surface area contributed by atoms with Crippen molar-refractivity contribution in [1.82, 2.24) is 5.32 Å². The highest BCUT2D eigenvalue weighted by atomic mass is 16.4. The van der Waals surface area contributed by atoms with Crippen LogP contribution in [0.5, 0.6) is 0 Å². The monoisotopic (exact) mass is 464 g/mol. The third-order valence-electron chi connectivity index (χ3n) is 10.8. The topological polar surface area (TPSA) is 130 Å². The van der Waals surface area contributed by atoms with Gasteiger partial charge in [0.05, 0.1) is 30.3 Å². The van der Waals surface area contributed by atoms with Gasteiger partial charge in [0, 0.05) is 11.8 Å². The molecule has 0 aromatic heterocycles. The fourth-order valence-corrected chi connectivity index (χ4v) is 9.03. The number of hydrogen-bond donors (Lipinski definition) is 4. The van der Waals surface area contributed by atoms with E-state index >= 15 is 0 Å². The molecule has 0 heterocycles. The number of carbonyl (C=O) groups excluding carboxylic acids is 2. The molecule has 188 valence electrons. The summed E-state index contributed by atoms with van der Waals surface area (Å²) < 4.78 is 0. The summed E-state index contributed by atoms with van der Waals surface area (Å²) in [5.74, 6) is -0.725. The Morgan fingerprint density at radius 2 is 1.79 bits per heavy atom. The zero-order chi connectivity index (χ0) is 24.2. The highest BCUT2D eigenvalue weighted by molar-refractivity contribution is 5.80. The van der Waals surface area contributed by atoms with Crippen molar-refractivity contribution in [3.05, 3.63) is 0 Å². The first kappa shape index (κ1) is 24.9. The minimum absolute atomic E-state index is 0.0303. The summed E-state index contributed by atoms with van der Waals surface area (Å²) in [6, 6.07) is 0. The molecular formula is C26H42NO6-. The number of carboxylic acids is 1. The second-order valence-corrected chi connectivity index (χ2v) is 12.2. The van der Waals surface area contributed by atoms with Gasteiger partial charge in [0.15, 0.2) is 0 Å². The first-order valence-corrected chi connectivity index (χ1v) is 13.0. The SMILES string of the molecule is C[C@@H](CCC(=O)NCC(=O)[O-])[C@@H]1CC[C@H]2[C@@]3(O)CC[C@H]4C[C@H](O)CC[C@]4(C)[C@@H]3C[C@H](O)[C@]12C. The molecule has 7 heteroatoms. The lowest BCUT2D eigenvalue weighted by Crippen LogP contribution is -2.67. The largest absolute Gasteiger partial charge is 0.548 e. The minimum Gasteiger partial charge on any atom is -0.548 e. The molecule has 0 aliphatic heterocycles. The lowest BCUT2D eigenvalue weighted by Gasteiger charge is -2.65. The highest BCUT2D eigenvalue weighted by Crippen LogP contribution is 2.69. The normalized spacial score (nSPS) is 47.7. The van der Waals surface area contributed by atoms with E-state index in [1.54, 1.807) is 0 Å². The Labute approximate surface area is 197 Å². The molecule has 4 fully saturated rings. The van der Waals surface area contributed by atoms with E-state index in [2.05, 4.69) is 26.1 Å². The first-order chi connectivity index (χ1) is 15.4. The van der Waals surface area contributed by atoms with Gasteiger partial charge < -0.3 is 30.5 Å². The van der Waals surface area contributed by atoms with Crippen LogP contribution in [0, 0.1) is 40.4 Å². The summed E-state index contributed by atoms with van der Waals surface area (Å²) in [6.45, 7) is 6.09. The Morgan fingerprint density at radius 3 is 2.48 bits per heavy atom. The zero-order valence-corrected chi connectivity index (χ0v) is 20.4. The number of nitrogens with one attached hydrogen (secondary N) is 1. The summed E-state index contributed by atoms with van der Waals surface area (Å²) in [5, 5.41) is 47.0. The van der Waals surface area contributed by atoms with Gasteiger partial charge in [-0.15, -0.1) is 0 Å². The standard InChI is InChI=1S/C26H43NO6/c1-15(4-7-22(30)27-14-23(31)32)18-5-6-19-25(18,3)21(29)13-20-24(2)10-9-17(28)12-16(24)8-11-26(19,20)33/h15-21,28-29,33H,4-14H2,1-3H3,(H,27,30)(H,31,32)/p-1/t15-,16-,17+,18-,19+,20-,21-,24-,25+,26-/m0/s1. The van der Waals surface area contributed by atoms with Crippen LogP contribution in [0.2, 0.25) is 0 Å². The summed E-state index contributed by atoms with van der Waals surface area (Å²) in [4.78, 5) is 22.6. The molecule has 0 aromatic carbocycles. The molecule has 33 heavy (non-hydrogen) atoms. The molecule has 1 amide bonds. The average Bonchev–Trinajstić information content (AvgIpc) is 3.13. The fraction of sp³-hybridized carbons (Fsp3) is 0.923.